The molecule has 0 aliphatic heterocycles. The van der Waals surface area contributed by atoms with Gasteiger partial charge in [0.2, 0.25) is 0 Å². The van der Waals surface area contributed by atoms with E-state index in [9.17, 15) is 17.6 Å². The molecule has 33 heavy (non-hydrogen) atoms. The fourth-order valence-electron chi connectivity index (χ4n) is 3.41. The van der Waals surface area contributed by atoms with Crippen molar-refractivity contribution in [1.82, 2.24) is 4.72 Å². The first-order chi connectivity index (χ1) is 15.6. The lowest BCUT2D eigenvalue weighted by Crippen LogP contribution is -2.19. The van der Waals surface area contributed by atoms with E-state index < -0.39 is 11.9 Å². The average molecular weight is 488 g/mol. The third-order valence-corrected chi connectivity index (χ3v) is 5.67. The van der Waals surface area contributed by atoms with Crippen LogP contribution in [-0.4, -0.2) is 30.7 Å². The summed E-state index contributed by atoms with van der Waals surface area (Å²) in [5, 5.41) is 11.1. The number of anilines is 1. The van der Waals surface area contributed by atoms with Crippen LogP contribution in [0.2, 0.25) is 0 Å². The number of allylic oxidation sites excluding steroid dienone is 2. The second-order valence-corrected chi connectivity index (χ2v) is 9.41. The molecular formula is C25H37F4N3S. The van der Waals surface area contributed by atoms with Crippen LogP contribution >= 0.6 is 11.9 Å². The molecule has 0 saturated carbocycles. The minimum Gasteiger partial charge on any atom is -0.378 e. The molecule has 2 unspecified atom stereocenters. The summed E-state index contributed by atoms with van der Waals surface area (Å²) in [6.45, 7) is 8.96. The summed E-state index contributed by atoms with van der Waals surface area (Å²) in [5.41, 5.74) is 2.62. The van der Waals surface area contributed by atoms with Gasteiger partial charge in [0, 0.05) is 30.1 Å². The van der Waals surface area contributed by atoms with E-state index in [1.165, 1.54) is 24.8 Å². The maximum atomic E-state index is 13.1. The Morgan fingerprint density at radius 2 is 1.94 bits per heavy atom. The minimum absolute atomic E-state index is 0.0321. The Kier molecular flexibility index (Phi) is 13.4. The molecule has 0 radical (unpaired) electrons. The van der Waals surface area contributed by atoms with Crippen molar-refractivity contribution < 1.29 is 17.6 Å². The fraction of sp³-hybridized carbons (Fsp3) is 0.560. The summed E-state index contributed by atoms with van der Waals surface area (Å²) in [4.78, 5) is 0. The second-order valence-electron chi connectivity index (χ2n) is 8.55. The lowest BCUT2D eigenvalue weighted by molar-refractivity contribution is -0.105. The van der Waals surface area contributed by atoms with Crippen molar-refractivity contribution in [3.63, 3.8) is 0 Å². The maximum Gasteiger partial charge on any atom is 0.399 e. The molecule has 0 aromatic heterocycles. The highest BCUT2D eigenvalue weighted by Crippen LogP contribution is 2.30. The number of nitrogens with one attached hydrogen (secondary N) is 3. The highest BCUT2D eigenvalue weighted by atomic mass is 32.2. The lowest BCUT2D eigenvalue weighted by Gasteiger charge is -2.23. The molecule has 0 saturated heterocycles. The Balaban J connectivity index is 0.00000172. The highest BCUT2D eigenvalue weighted by molar-refractivity contribution is 7.97. The molecule has 186 valence electrons. The zero-order chi connectivity index (χ0) is 24.9. The van der Waals surface area contributed by atoms with Gasteiger partial charge in [-0.15, -0.1) is 0 Å². The van der Waals surface area contributed by atoms with Crippen LogP contribution in [0, 0.1) is 11.3 Å². The van der Waals surface area contributed by atoms with Gasteiger partial charge >= 0.3 is 6.18 Å². The van der Waals surface area contributed by atoms with Gasteiger partial charge in [-0.3, -0.25) is 4.72 Å². The van der Waals surface area contributed by atoms with Crippen molar-refractivity contribution in [3.8, 4) is 0 Å². The van der Waals surface area contributed by atoms with E-state index in [-0.39, 0.29) is 17.8 Å². The first kappa shape index (κ1) is 29.2. The molecule has 1 aliphatic carbocycles. The summed E-state index contributed by atoms with van der Waals surface area (Å²) in [7, 11) is 0. The normalized spacial score (nSPS) is 16.6. The Bertz CT molecular complexity index is 775. The molecule has 0 heterocycles. The Morgan fingerprint density at radius 1 is 1.24 bits per heavy atom. The molecule has 1 aromatic carbocycles. The number of alkyl halides is 3. The van der Waals surface area contributed by atoms with Crippen LogP contribution in [0.3, 0.4) is 0 Å². The maximum absolute atomic E-state index is 13.1. The zero-order valence-electron chi connectivity index (χ0n) is 19.9. The SMILES string of the molecule is CC(C)CC(CCNSCC(F)(F)F)c1ccc(NC2C=CC(F)=CC2)c(C=N)c1.CCC. The summed E-state index contributed by atoms with van der Waals surface area (Å²) in [5.74, 6) is -0.528. The standard InChI is InChI=1S/C22H29F4N3S.C3H8/c1-15(2)11-17(9-10-28-30-14-22(24,25)26)16-3-8-21(18(12-16)13-27)29-20-6-4-19(23)5-7-20;1-3-2/h3-6,8,12-13,15,17,20,27-29H,7,9-11,14H2,1-2H3;3H2,1-2H3. The van der Waals surface area contributed by atoms with Crippen LogP contribution in [0.1, 0.15) is 70.4 Å². The van der Waals surface area contributed by atoms with E-state index in [0.29, 0.717) is 37.3 Å². The van der Waals surface area contributed by atoms with Gasteiger partial charge in [0.25, 0.3) is 0 Å². The molecule has 3 N–H and O–H groups in total. The molecule has 0 fully saturated rings. The summed E-state index contributed by atoms with van der Waals surface area (Å²) >= 11 is 0.687. The number of hydrogen-bond donors (Lipinski definition) is 3. The predicted molar refractivity (Wildman–Crippen MR) is 134 cm³/mol. The molecule has 3 nitrogen and oxygen atoms in total. The molecule has 0 amide bonds. The fourth-order valence-corrected chi connectivity index (χ4v) is 3.94. The van der Waals surface area contributed by atoms with Crippen molar-refractivity contribution in [2.45, 2.75) is 71.5 Å². The van der Waals surface area contributed by atoms with Gasteiger partial charge < -0.3 is 10.7 Å². The minimum atomic E-state index is -4.17. The Hall–Kier alpha value is -1.80. The highest BCUT2D eigenvalue weighted by Gasteiger charge is 2.27. The monoisotopic (exact) mass is 487 g/mol. The van der Waals surface area contributed by atoms with Gasteiger partial charge in [0.1, 0.15) is 11.6 Å². The molecular weight excluding hydrogens is 450 g/mol. The van der Waals surface area contributed by atoms with Crippen LogP contribution in [0.15, 0.2) is 42.3 Å². The Morgan fingerprint density at radius 3 is 2.48 bits per heavy atom. The van der Waals surface area contributed by atoms with Crippen molar-refractivity contribution in [3.05, 3.63) is 53.4 Å². The van der Waals surface area contributed by atoms with E-state index in [0.717, 1.165) is 23.2 Å². The van der Waals surface area contributed by atoms with Crippen molar-refractivity contribution in [2.24, 2.45) is 5.92 Å². The molecule has 8 heteroatoms. The van der Waals surface area contributed by atoms with Gasteiger partial charge in [-0.05, 0) is 60.9 Å². The van der Waals surface area contributed by atoms with E-state index in [1.807, 2.05) is 18.2 Å². The summed E-state index contributed by atoms with van der Waals surface area (Å²) in [6.07, 6.45) is 5.25. The zero-order valence-corrected chi connectivity index (χ0v) is 20.8. The number of rotatable bonds is 11. The molecule has 0 spiro atoms. The van der Waals surface area contributed by atoms with E-state index in [2.05, 4.69) is 37.7 Å². The first-order valence-corrected chi connectivity index (χ1v) is 12.4. The van der Waals surface area contributed by atoms with Crippen molar-refractivity contribution in [2.75, 3.05) is 17.6 Å². The molecule has 0 bridgehead atoms. The van der Waals surface area contributed by atoms with Gasteiger partial charge in [-0.2, -0.15) is 13.2 Å². The lowest BCUT2D eigenvalue weighted by atomic mass is 9.87. The number of hydrogen-bond acceptors (Lipinski definition) is 4. The van der Waals surface area contributed by atoms with Gasteiger partial charge in [0.15, 0.2) is 0 Å². The van der Waals surface area contributed by atoms with E-state index >= 15 is 0 Å². The molecule has 1 aliphatic rings. The second kappa shape index (κ2) is 15.2. The molecule has 2 rings (SSSR count). The molecule has 1 aromatic rings. The third-order valence-electron chi connectivity index (χ3n) is 4.79. The van der Waals surface area contributed by atoms with Gasteiger partial charge in [-0.25, -0.2) is 4.39 Å². The van der Waals surface area contributed by atoms with E-state index in [1.54, 1.807) is 6.08 Å². The largest absolute Gasteiger partial charge is 0.399 e. The van der Waals surface area contributed by atoms with Crippen molar-refractivity contribution >= 4 is 23.8 Å². The average Bonchev–Trinajstić information content (AvgIpc) is 2.74. The first-order valence-electron chi connectivity index (χ1n) is 11.5. The van der Waals surface area contributed by atoms with Crippen LogP contribution in [0.25, 0.3) is 0 Å². The van der Waals surface area contributed by atoms with Gasteiger partial charge in [-0.1, -0.05) is 58.2 Å². The van der Waals surface area contributed by atoms with Crippen LogP contribution in [0.4, 0.5) is 23.2 Å². The van der Waals surface area contributed by atoms with Gasteiger partial charge in [0.05, 0.1) is 0 Å². The Labute approximate surface area is 200 Å². The number of halogens is 4. The predicted octanol–water partition coefficient (Wildman–Crippen LogP) is 8.01. The summed E-state index contributed by atoms with van der Waals surface area (Å²) in [6, 6.07) is 5.87. The topological polar surface area (TPSA) is 47.9 Å². The third kappa shape index (κ3) is 12.3. The summed E-state index contributed by atoms with van der Waals surface area (Å²) < 4.78 is 52.8. The van der Waals surface area contributed by atoms with E-state index in [4.69, 9.17) is 5.41 Å². The van der Waals surface area contributed by atoms with Crippen molar-refractivity contribution in [1.29, 1.82) is 5.41 Å². The van der Waals surface area contributed by atoms with Crippen LogP contribution in [0.5, 0.6) is 0 Å². The smallest absolute Gasteiger partial charge is 0.378 e. The van der Waals surface area contributed by atoms with Crippen LogP contribution < -0.4 is 10.0 Å². The number of benzene rings is 1. The molecule has 2 atom stereocenters. The quantitative estimate of drug-likeness (QED) is 0.128. The van der Waals surface area contributed by atoms with Crippen LogP contribution in [-0.2, 0) is 0 Å².